The number of hydrogen-bond acceptors (Lipinski definition) is 4. The predicted octanol–water partition coefficient (Wildman–Crippen LogP) is 3.73. The lowest BCUT2D eigenvalue weighted by molar-refractivity contribution is -0.116. The fourth-order valence-electron chi connectivity index (χ4n) is 2.03. The number of thiazole rings is 1. The van der Waals surface area contributed by atoms with Crippen molar-refractivity contribution in [2.45, 2.75) is 52.9 Å². The van der Waals surface area contributed by atoms with Crippen molar-refractivity contribution < 1.29 is 14.7 Å². The summed E-state index contributed by atoms with van der Waals surface area (Å²) >= 11 is 1.04. The van der Waals surface area contributed by atoms with E-state index < -0.39 is 5.97 Å². The van der Waals surface area contributed by atoms with Gasteiger partial charge >= 0.3 is 5.97 Å². The van der Waals surface area contributed by atoms with Gasteiger partial charge in [-0.25, -0.2) is 9.78 Å². The molecule has 5 nitrogen and oxygen atoms in total. The number of nitrogens with one attached hydrogen (secondary N) is 1. The number of nitrogens with zero attached hydrogens (tertiary/aromatic N) is 1. The Morgan fingerprint density at radius 3 is 2.35 bits per heavy atom. The van der Waals surface area contributed by atoms with E-state index in [9.17, 15) is 14.7 Å². The highest BCUT2D eigenvalue weighted by atomic mass is 32.1. The summed E-state index contributed by atoms with van der Waals surface area (Å²) in [7, 11) is 0. The van der Waals surface area contributed by atoms with Crippen molar-refractivity contribution in [1.29, 1.82) is 0 Å². The van der Waals surface area contributed by atoms with Crippen LogP contribution < -0.4 is 5.32 Å². The molecule has 1 heterocycles. The fourth-order valence-corrected chi connectivity index (χ4v) is 2.94. The minimum absolute atomic E-state index is 0.119. The van der Waals surface area contributed by atoms with Crippen LogP contribution in [0.2, 0.25) is 0 Å². The summed E-state index contributed by atoms with van der Waals surface area (Å²) in [5.41, 5.74) is 0.590. The van der Waals surface area contributed by atoms with Gasteiger partial charge < -0.3 is 10.4 Å². The van der Waals surface area contributed by atoms with Crippen LogP contribution in [0, 0.1) is 5.92 Å². The SMILES string of the molecule is CCC(CC)c1nc(NC(=O)CC(C)C)sc1C(=O)O. The van der Waals surface area contributed by atoms with Crippen molar-refractivity contribution in [1.82, 2.24) is 4.98 Å². The molecule has 0 aliphatic rings. The molecule has 6 heteroatoms. The number of carbonyl (C=O) groups is 2. The van der Waals surface area contributed by atoms with Gasteiger partial charge in [-0.15, -0.1) is 0 Å². The molecule has 2 N–H and O–H groups in total. The number of hydrogen-bond donors (Lipinski definition) is 2. The molecule has 0 spiro atoms. The number of amides is 1. The average Bonchev–Trinajstić information content (AvgIpc) is 2.73. The second-order valence-corrected chi connectivity index (χ2v) is 6.20. The quantitative estimate of drug-likeness (QED) is 0.804. The molecule has 0 saturated carbocycles. The van der Waals surface area contributed by atoms with Gasteiger partial charge in [0.1, 0.15) is 4.88 Å². The number of carbonyl (C=O) groups excluding carboxylic acids is 1. The molecule has 1 amide bonds. The van der Waals surface area contributed by atoms with Crippen molar-refractivity contribution >= 4 is 28.3 Å². The van der Waals surface area contributed by atoms with E-state index in [0.717, 1.165) is 24.2 Å². The molecule has 112 valence electrons. The summed E-state index contributed by atoms with van der Waals surface area (Å²) in [6, 6.07) is 0. The van der Waals surface area contributed by atoms with Crippen LogP contribution in [0.15, 0.2) is 0 Å². The highest BCUT2D eigenvalue weighted by Crippen LogP contribution is 2.32. The maximum absolute atomic E-state index is 11.7. The number of carboxylic acids is 1. The predicted molar refractivity (Wildman–Crippen MR) is 80.5 cm³/mol. The average molecular weight is 298 g/mol. The standard InChI is InChI=1S/C14H22N2O3S/c1-5-9(6-2)11-12(13(18)19)20-14(16-11)15-10(17)7-8(3)4/h8-9H,5-7H2,1-4H3,(H,18,19)(H,15,16,17). The molecule has 0 aliphatic heterocycles. The normalized spacial score (nSPS) is 11.1. The molecule has 1 aromatic rings. The van der Waals surface area contributed by atoms with Crippen molar-refractivity contribution in [2.75, 3.05) is 5.32 Å². The molecular weight excluding hydrogens is 276 g/mol. The first kappa shape index (κ1) is 16.6. The van der Waals surface area contributed by atoms with Crippen LogP contribution in [-0.2, 0) is 4.79 Å². The number of rotatable bonds is 7. The first-order valence-corrected chi connectivity index (χ1v) is 7.74. The van der Waals surface area contributed by atoms with Crippen LogP contribution >= 0.6 is 11.3 Å². The van der Waals surface area contributed by atoms with E-state index in [1.807, 2.05) is 27.7 Å². The highest BCUT2D eigenvalue weighted by Gasteiger charge is 2.23. The second-order valence-electron chi connectivity index (χ2n) is 5.20. The third-order valence-corrected chi connectivity index (χ3v) is 4.03. The molecule has 0 aliphatic carbocycles. The molecule has 0 atom stereocenters. The van der Waals surface area contributed by atoms with E-state index in [1.54, 1.807) is 0 Å². The Labute approximate surface area is 123 Å². The lowest BCUT2D eigenvalue weighted by atomic mass is 9.98. The lowest BCUT2D eigenvalue weighted by Gasteiger charge is -2.09. The van der Waals surface area contributed by atoms with Gasteiger partial charge in [-0.1, -0.05) is 39.0 Å². The van der Waals surface area contributed by atoms with Gasteiger partial charge in [-0.05, 0) is 18.8 Å². The Morgan fingerprint density at radius 1 is 1.30 bits per heavy atom. The Balaban J connectivity index is 2.97. The van der Waals surface area contributed by atoms with Crippen LogP contribution in [0.5, 0.6) is 0 Å². The Bertz CT molecular complexity index is 479. The molecule has 20 heavy (non-hydrogen) atoms. The van der Waals surface area contributed by atoms with Crippen LogP contribution in [0.25, 0.3) is 0 Å². The minimum atomic E-state index is -0.978. The van der Waals surface area contributed by atoms with Crippen LogP contribution in [0.1, 0.15) is 68.2 Å². The van der Waals surface area contributed by atoms with Gasteiger partial charge in [0.2, 0.25) is 5.91 Å². The smallest absolute Gasteiger partial charge is 0.347 e. The Hall–Kier alpha value is -1.43. The monoisotopic (exact) mass is 298 g/mol. The topological polar surface area (TPSA) is 79.3 Å². The fraction of sp³-hybridized carbons (Fsp3) is 0.643. The van der Waals surface area contributed by atoms with Gasteiger partial charge in [0.05, 0.1) is 5.69 Å². The van der Waals surface area contributed by atoms with Crippen LogP contribution in [0.3, 0.4) is 0 Å². The van der Waals surface area contributed by atoms with E-state index in [0.29, 0.717) is 17.2 Å². The van der Waals surface area contributed by atoms with Crippen molar-refractivity contribution in [3.8, 4) is 0 Å². The van der Waals surface area contributed by atoms with Gasteiger partial charge in [0, 0.05) is 12.3 Å². The third kappa shape index (κ3) is 4.30. The minimum Gasteiger partial charge on any atom is -0.477 e. The third-order valence-electron chi connectivity index (χ3n) is 3.06. The van der Waals surface area contributed by atoms with Crippen molar-refractivity contribution in [2.24, 2.45) is 5.92 Å². The molecule has 1 aromatic heterocycles. The largest absolute Gasteiger partial charge is 0.477 e. The number of anilines is 1. The Kier molecular flexibility index (Phi) is 6.13. The summed E-state index contributed by atoms with van der Waals surface area (Å²) in [5, 5.41) is 12.3. The number of aromatic carboxylic acids is 1. The number of aromatic nitrogens is 1. The van der Waals surface area contributed by atoms with E-state index in [1.165, 1.54) is 0 Å². The first-order chi connectivity index (χ1) is 9.38. The van der Waals surface area contributed by atoms with Gasteiger partial charge in [-0.2, -0.15) is 0 Å². The second kappa shape index (κ2) is 7.38. The zero-order chi connectivity index (χ0) is 15.3. The molecule has 0 saturated heterocycles. The number of carboxylic acid groups (broad SMARTS) is 1. The lowest BCUT2D eigenvalue weighted by Crippen LogP contribution is -2.13. The first-order valence-electron chi connectivity index (χ1n) is 6.92. The van der Waals surface area contributed by atoms with Crippen LogP contribution in [0.4, 0.5) is 5.13 Å². The van der Waals surface area contributed by atoms with Crippen molar-refractivity contribution in [3.05, 3.63) is 10.6 Å². The van der Waals surface area contributed by atoms with E-state index in [4.69, 9.17) is 0 Å². The molecule has 1 rings (SSSR count). The molecular formula is C14H22N2O3S. The highest BCUT2D eigenvalue weighted by molar-refractivity contribution is 7.17. The van der Waals surface area contributed by atoms with Crippen LogP contribution in [-0.4, -0.2) is 22.0 Å². The van der Waals surface area contributed by atoms with Crippen molar-refractivity contribution in [3.63, 3.8) is 0 Å². The molecule has 0 unspecified atom stereocenters. The summed E-state index contributed by atoms with van der Waals surface area (Å²) in [6.45, 7) is 7.94. The Morgan fingerprint density at radius 2 is 1.90 bits per heavy atom. The summed E-state index contributed by atoms with van der Waals surface area (Å²) in [5.74, 6) is -0.726. The summed E-state index contributed by atoms with van der Waals surface area (Å²) in [4.78, 5) is 27.6. The summed E-state index contributed by atoms with van der Waals surface area (Å²) < 4.78 is 0. The zero-order valence-electron chi connectivity index (χ0n) is 12.4. The maximum atomic E-state index is 11.7. The van der Waals surface area contributed by atoms with Gasteiger partial charge in [0.15, 0.2) is 5.13 Å². The molecule has 0 fully saturated rings. The van der Waals surface area contributed by atoms with E-state index >= 15 is 0 Å². The van der Waals surface area contributed by atoms with E-state index in [2.05, 4.69) is 10.3 Å². The van der Waals surface area contributed by atoms with Gasteiger partial charge in [-0.3, -0.25) is 4.79 Å². The zero-order valence-corrected chi connectivity index (χ0v) is 13.2. The molecule has 0 radical (unpaired) electrons. The molecule has 0 bridgehead atoms. The maximum Gasteiger partial charge on any atom is 0.347 e. The van der Waals surface area contributed by atoms with Gasteiger partial charge in [0.25, 0.3) is 0 Å². The van der Waals surface area contributed by atoms with E-state index in [-0.39, 0.29) is 22.6 Å². The molecule has 0 aromatic carbocycles. The summed E-state index contributed by atoms with van der Waals surface area (Å²) in [6.07, 6.45) is 2.07.